The Bertz CT molecular complexity index is 581. The predicted molar refractivity (Wildman–Crippen MR) is 83.6 cm³/mol. The van der Waals surface area contributed by atoms with Gasteiger partial charge < -0.3 is 24.4 Å². The Labute approximate surface area is 134 Å². The number of rotatable bonds is 6. The third kappa shape index (κ3) is 5.21. The van der Waals surface area contributed by atoms with Crippen LogP contribution in [0.2, 0.25) is 0 Å². The second kappa shape index (κ2) is 8.07. The van der Waals surface area contributed by atoms with Crippen molar-refractivity contribution in [3.05, 3.63) is 41.9 Å². The topological polar surface area (TPSA) is 77.1 Å². The van der Waals surface area contributed by atoms with Gasteiger partial charge in [-0.15, -0.1) is 0 Å². The molecular weight excluding hydrogens is 300 g/mol. The van der Waals surface area contributed by atoms with Gasteiger partial charge in [-0.1, -0.05) is 12.1 Å². The third-order valence-electron chi connectivity index (χ3n) is 3.13. The van der Waals surface area contributed by atoms with Gasteiger partial charge in [-0.2, -0.15) is 0 Å². The highest BCUT2D eigenvalue weighted by Crippen LogP contribution is 2.12. The lowest BCUT2D eigenvalue weighted by Crippen LogP contribution is -2.29. The number of esters is 1. The molecule has 7 heteroatoms. The van der Waals surface area contributed by atoms with Crippen LogP contribution in [0.1, 0.15) is 5.56 Å². The first-order valence-corrected chi connectivity index (χ1v) is 7.21. The van der Waals surface area contributed by atoms with E-state index in [1.807, 2.05) is 43.3 Å². The van der Waals surface area contributed by atoms with Crippen LogP contribution in [0, 0.1) is 0 Å². The summed E-state index contributed by atoms with van der Waals surface area (Å²) >= 11 is 0. The first-order chi connectivity index (χ1) is 11.1. The molecular formula is C16H20N2O5. The number of nitrogens with one attached hydrogen (secondary N) is 1. The monoisotopic (exact) mass is 320 g/mol. The van der Waals surface area contributed by atoms with Crippen LogP contribution in [0.3, 0.4) is 0 Å². The zero-order valence-electron chi connectivity index (χ0n) is 13.2. The molecule has 2 rings (SSSR count). The van der Waals surface area contributed by atoms with E-state index in [-0.39, 0.29) is 24.9 Å². The molecule has 1 aliphatic rings. The maximum atomic E-state index is 11.7. The molecule has 0 fully saturated rings. The Balaban J connectivity index is 1.72. The molecule has 0 atom stereocenters. The Morgan fingerprint density at radius 2 is 1.96 bits per heavy atom. The minimum Gasteiger partial charge on any atom is -0.493 e. The van der Waals surface area contributed by atoms with Crippen LogP contribution in [0.15, 0.2) is 36.3 Å². The standard InChI is InChI=1S/C16H20N2O5/c1-18(2)13-5-3-12(4-6-13)9-17-15(19)11-23-16(20)14-10-21-7-8-22-14/h3-6,10H,7-9,11H2,1-2H3,(H,17,19). The first kappa shape index (κ1) is 16.7. The minimum absolute atomic E-state index is 0.0247. The molecule has 1 heterocycles. The van der Waals surface area contributed by atoms with E-state index in [9.17, 15) is 9.59 Å². The lowest BCUT2D eigenvalue weighted by atomic mass is 10.2. The Morgan fingerprint density at radius 3 is 2.57 bits per heavy atom. The molecule has 124 valence electrons. The molecule has 1 aliphatic heterocycles. The molecule has 0 unspecified atom stereocenters. The second-order valence-electron chi connectivity index (χ2n) is 5.12. The van der Waals surface area contributed by atoms with Crippen molar-refractivity contribution in [2.45, 2.75) is 6.54 Å². The Morgan fingerprint density at radius 1 is 1.22 bits per heavy atom. The average Bonchev–Trinajstić information content (AvgIpc) is 2.59. The summed E-state index contributed by atoms with van der Waals surface area (Å²) in [4.78, 5) is 25.3. The first-order valence-electron chi connectivity index (χ1n) is 7.21. The summed E-state index contributed by atoms with van der Waals surface area (Å²) in [6, 6.07) is 7.79. The molecule has 0 aliphatic carbocycles. The van der Waals surface area contributed by atoms with Crippen molar-refractivity contribution in [2.24, 2.45) is 0 Å². The number of carbonyl (C=O) groups is 2. The summed E-state index contributed by atoms with van der Waals surface area (Å²) in [6.45, 7) is 0.682. The molecule has 0 aromatic heterocycles. The number of amides is 1. The van der Waals surface area contributed by atoms with Gasteiger partial charge in [0.2, 0.25) is 5.76 Å². The number of ether oxygens (including phenoxy) is 3. The molecule has 0 saturated carbocycles. The number of hydrogen-bond acceptors (Lipinski definition) is 6. The van der Waals surface area contributed by atoms with Gasteiger partial charge in [-0.05, 0) is 17.7 Å². The van der Waals surface area contributed by atoms with Gasteiger partial charge in [0.25, 0.3) is 5.91 Å². The fourth-order valence-electron chi connectivity index (χ4n) is 1.84. The van der Waals surface area contributed by atoms with Crippen molar-refractivity contribution in [3.63, 3.8) is 0 Å². The Hall–Kier alpha value is -2.70. The number of hydrogen-bond donors (Lipinski definition) is 1. The summed E-state index contributed by atoms with van der Waals surface area (Å²) in [6.07, 6.45) is 1.19. The van der Waals surface area contributed by atoms with E-state index in [0.29, 0.717) is 13.2 Å². The van der Waals surface area contributed by atoms with Crippen LogP contribution in [0.5, 0.6) is 0 Å². The largest absolute Gasteiger partial charge is 0.493 e. The van der Waals surface area contributed by atoms with Crippen molar-refractivity contribution < 1.29 is 23.8 Å². The second-order valence-corrected chi connectivity index (χ2v) is 5.12. The third-order valence-corrected chi connectivity index (χ3v) is 3.13. The van der Waals surface area contributed by atoms with E-state index in [4.69, 9.17) is 14.2 Å². The van der Waals surface area contributed by atoms with Crippen molar-refractivity contribution in [3.8, 4) is 0 Å². The molecule has 0 radical (unpaired) electrons. The van der Waals surface area contributed by atoms with Crippen molar-refractivity contribution in [1.29, 1.82) is 0 Å². The van der Waals surface area contributed by atoms with E-state index in [0.717, 1.165) is 11.3 Å². The lowest BCUT2D eigenvalue weighted by molar-refractivity contribution is -0.149. The molecule has 0 saturated heterocycles. The van der Waals surface area contributed by atoms with E-state index in [2.05, 4.69) is 5.32 Å². The van der Waals surface area contributed by atoms with Crippen molar-refractivity contribution >= 4 is 17.6 Å². The van der Waals surface area contributed by atoms with Crippen molar-refractivity contribution in [1.82, 2.24) is 5.32 Å². The minimum atomic E-state index is -0.713. The zero-order valence-corrected chi connectivity index (χ0v) is 13.2. The van der Waals surface area contributed by atoms with Gasteiger partial charge in [-0.3, -0.25) is 4.79 Å². The fraction of sp³-hybridized carbons (Fsp3) is 0.375. The molecule has 7 nitrogen and oxygen atoms in total. The average molecular weight is 320 g/mol. The van der Waals surface area contributed by atoms with Gasteiger partial charge >= 0.3 is 5.97 Å². The number of nitrogens with zero attached hydrogens (tertiary/aromatic N) is 1. The summed E-state index contributed by atoms with van der Waals surface area (Å²) in [5.41, 5.74) is 2.04. The number of carbonyl (C=O) groups excluding carboxylic acids is 2. The summed E-state index contributed by atoms with van der Waals surface area (Å²) < 4.78 is 14.9. The highest BCUT2D eigenvalue weighted by Gasteiger charge is 2.17. The highest BCUT2D eigenvalue weighted by atomic mass is 16.6. The van der Waals surface area contributed by atoms with Crippen LogP contribution in [0.25, 0.3) is 0 Å². The molecule has 0 spiro atoms. The van der Waals surface area contributed by atoms with Gasteiger partial charge in [0.05, 0.1) is 0 Å². The number of benzene rings is 1. The van der Waals surface area contributed by atoms with Crippen LogP contribution >= 0.6 is 0 Å². The SMILES string of the molecule is CN(C)c1ccc(CNC(=O)COC(=O)C2=COCCO2)cc1. The van der Waals surface area contributed by atoms with Crippen molar-refractivity contribution in [2.75, 3.05) is 38.8 Å². The predicted octanol–water partition coefficient (Wildman–Crippen LogP) is 0.800. The molecule has 1 amide bonds. The summed E-state index contributed by atoms with van der Waals surface area (Å²) in [7, 11) is 3.92. The smallest absolute Gasteiger partial charge is 0.377 e. The van der Waals surface area contributed by atoms with Gasteiger partial charge in [-0.25, -0.2) is 4.79 Å². The van der Waals surface area contributed by atoms with Crippen LogP contribution in [0.4, 0.5) is 5.69 Å². The summed E-state index contributed by atoms with van der Waals surface area (Å²) in [5.74, 6) is -1.12. The maximum absolute atomic E-state index is 11.7. The number of anilines is 1. The maximum Gasteiger partial charge on any atom is 0.377 e. The van der Waals surface area contributed by atoms with Gasteiger partial charge in [0, 0.05) is 26.3 Å². The van der Waals surface area contributed by atoms with Crippen LogP contribution < -0.4 is 10.2 Å². The van der Waals surface area contributed by atoms with Crippen LogP contribution in [-0.2, 0) is 30.3 Å². The Kier molecular flexibility index (Phi) is 5.85. The molecule has 1 N–H and O–H groups in total. The normalized spacial score (nSPS) is 13.2. The zero-order chi connectivity index (χ0) is 16.7. The molecule has 23 heavy (non-hydrogen) atoms. The van der Waals surface area contributed by atoms with E-state index in [1.165, 1.54) is 6.26 Å². The van der Waals surface area contributed by atoms with Crippen LogP contribution in [-0.4, -0.2) is 45.8 Å². The molecule has 1 aromatic rings. The van der Waals surface area contributed by atoms with E-state index in [1.54, 1.807) is 0 Å². The fourth-order valence-corrected chi connectivity index (χ4v) is 1.84. The van der Waals surface area contributed by atoms with Gasteiger partial charge in [0.15, 0.2) is 6.61 Å². The quantitative estimate of drug-likeness (QED) is 0.781. The van der Waals surface area contributed by atoms with E-state index >= 15 is 0 Å². The highest BCUT2D eigenvalue weighted by molar-refractivity contribution is 5.88. The summed E-state index contributed by atoms with van der Waals surface area (Å²) in [5, 5.41) is 2.68. The van der Waals surface area contributed by atoms with Gasteiger partial charge in [0.1, 0.15) is 19.5 Å². The lowest BCUT2D eigenvalue weighted by Gasteiger charge is -2.14. The molecule has 0 bridgehead atoms. The van der Waals surface area contributed by atoms with E-state index < -0.39 is 5.97 Å². The molecule has 1 aromatic carbocycles.